The number of carbonyl (C=O) groups is 1. The van der Waals surface area contributed by atoms with E-state index in [2.05, 4.69) is 28.7 Å². The predicted octanol–water partition coefficient (Wildman–Crippen LogP) is 3.72. The molecule has 0 saturated carbocycles. The third-order valence-corrected chi connectivity index (χ3v) is 7.04. The molecule has 6 N–H and O–H groups in total. The Morgan fingerprint density at radius 3 is 2.63 bits per heavy atom. The monoisotopic (exact) mass is 450 g/mol. The van der Waals surface area contributed by atoms with Gasteiger partial charge in [0.25, 0.3) is 5.91 Å². The second-order valence-corrected chi connectivity index (χ2v) is 8.67. The molecule has 0 aliphatic carbocycles. The third-order valence-electron chi connectivity index (χ3n) is 6.22. The Morgan fingerprint density at radius 2 is 2.03 bits per heavy atom. The van der Waals surface area contributed by atoms with Crippen LogP contribution in [0.1, 0.15) is 43.6 Å². The number of rotatable bonds is 7. The average Bonchev–Trinajstić information content (AvgIpc) is 3.09. The number of benzene rings is 1. The van der Waals surface area contributed by atoms with Gasteiger partial charge in [-0.1, -0.05) is 55.6 Å². The molecule has 30 heavy (non-hydrogen) atoms. The lowest BCUT2D eigenvalue weighted by Crippen LogP contribution is -2.38. The molecule has 1 fully saturated rings. The summed E-state index contributed by atoms with van der Waals surface area (Å²) in [4.78, 5) is 23.4. The lowest BCUT2D eigenvalue weighted by Gasteiger charge is -2.32. The third kappa shape index (κ3) is 3.94. The van der Waals surface area contributed by atoms with Crippen molar-refractivity contribution < 1.29 is 4.79 Å². The zero-order valence-corrected chi connectivity index (χ0v) is 18.8. The van der Waals surface area contributed by atoms with Crippen molar-refractivity contribution in [1.29, 1.82) is 0 Å². The Labute approximate surface area is 186 Å². The summed E-state index contributed by atoms with van der Waals surface area (Å²) >= 11 is 12.5. The molecule has 2 aromatic rings. The van der Waals surface area contributed by atoms with E-state index in [1.807, 2.05) is 0 Å². The van der Waals surface area contributed by atoms with E-state index in [0.29, 0.717) is 41.1 Å². The van der Waals surface area contributed by atoms with E-state index >= 15 is 0 Å². The van der Waals surface area contributed by atoms with Gasteiger partial charge in [0.05, 0.1) is 15.6 Å². The zero-order valence-electron chi connectivity index (χ0n) is 17.3. The fourth-order valence-electron chi connectivity index (χ4n) is 4.46. The molecule has 2 atom stereocenters. The van der Waals surface area contributed by atoms with E-state index in [1.54, 1.807) is 18.2 Å². The highest BCUT2D eigenvalue weighted by Gasteiger charge is 2.44. The number of primary amides is 1. The Morgan fingerprint density at radius 1 is 1.30 bits per heavy atom. The van der Waals surface area contributed by atoms with Gasteiger partial charge >= 0.3 is 0 Å². The molecule has 1 aromatic carbocycles. The van der Waals surface area contributed by atoms with Crippen LogP contribution >= 0.6 is 23.2 Å². The number of anilines is 2. The summed E-state index contributed by atoms with van der Waals surface area (Å²) in [6, 6.07) is 5.07. The first-order valence-electron chi connectivity index (χ1n) is 10.1. The van der Waals surface area contributed by atoms with Gasteiger partial charge in [0, 0.05) is 24.1 Å². The van der Waals surface area contributed by atoms with Crippen LogP contribution in [0.5, 0.6) is 0 Å². The van der Waals surface area contributed by atoms with Crippen LogP contribution in [-0.2, 0) is 0 Å². The van der Waals surface area contributed by atoms with Gasteiger partial charge in [-0.3, -0.25) is 4.79 Å². The molecule has 1 saturated heterocycles. The van der Waals surface area contributed by atoms with Gasteiger partial charge in [-0.2, -0.15) is 4.98 Å². The Hall–Kier alpha value is -2.09. The predicted molar refractivity (Wildman–Crippen MR) is 123 cm³/mol. The van der Waals surface area contributed by atoms with Crippen LogP contribution in [0, 0.1) is 11.3 Å². The van der Waals surface area contributed by atoms with Gasteiger partial charge < -0.3 is 22.1 Å². The highest BCUT2D eigenvalue weighted by atomic mass is 35.5. The average molecular weight is 451 g/mol. The van der Waals surface area contributed by atoms with Crippen molar-refractivity contribution in [2.75, 3.05) is 30.3 Å². The number of hydrogen-bond donors (Lipinski definition) is 3. The summed E-state index contributed by atoms with van der Waals surface area (Å²) in [7, 11) is 0. The number of amides is 1. The smallest absolute Gasteiger partial charge is 0.268 e. The molecule has 1 aliphatic heterocycles. The van der Waals surface area contributed by atoms with Crippen LogP contribution in [-0.4, -0.2) is 35.5 Å². The van der Waals surface area contributed by atoms with Crippen molar-refractivity contribution >= 4 is 40.9 Å². The number of carbonyl (C=O) groups excluding carboxylic acids is 1. The van der Waals surface area contributed by atoms with Crippen molar-refractivity contribution in [2.45, 2.75) is 33.1 Å². The molecule has 162 valence electrons. The second-order valence-electron chi connectivity index (χ2n) is 7.88. The minimum Gasteiger partial charge on any atom is -0.383 e. The number of hydrogen-bond acceptors (Lipinski definition) is 6. The van der Waals surface area contributed by atoms with E-state index < -0.39 is 5.91 Å². The maximum atomic E-state index is 12.3. The SMILES string of the molecule is CCC[C@H]1CN(c2nc(N)c(-c3cccc(Cl)c3Cl)c(C(N)=O)n2)C[C@]1(CC)CN. The van der Waals surface area contributed by atoms with Crippen LogP contribution in [0.2, 0.25) is 10.0 Å². The lowest BCUT2D eigenvalue weighted by atomic mass is 9.74. The molecule has 1 aliphatic rings. The van der Waals surface area contributed by atoms with Gasteiger partial charge in [0.15, 0.2) is 0 Å². The first-order valence-corrected chi connectivity index (χ1v) is 10.9. The molecule has 2 heterocycles. The fraction of sp³-hybridized carbons (Fsp3) is 0.476. The van der Waals surface area contributed by atoms with Crippen LogP contribution in [0.4, 0.5) is 11.8 Å². The van der Waals surface area contributed by atoms with Crippen LogP contribution < -0.4 is 22.1 Å². The summed E-state index contributed by atoms with van der Waals surface area (Å²) in [5.74, 6) is 0.225. The number of nitrogens with two attached hydrogens (primary N) is 3. The molecule has 1 amide bonds. The van der Waals surface area contributed by atoms with E-state index in [-0.39, 0.29) is 21.9 Å². The van der Waals surface area contributed by atoms with E-state index in [4.69, 9.17) is 40.4 Å². The van der Waals surface area contributed by atoms with Gasteiger partial charge in [-0.25, -0.2) is 4.98 Å². The van der Waals surface area contributed by atoms with Gasteiger partial charge in [0.2, 0.25) is 5.95 Å². The van der Waals surface area contributed by atoms with E-state index in [0.717, 1.165) is 25.8 Å². The first-order chi connectivity index (χ1) is 14.3. The summed E-state index contributed by atoms with van der Waals surface area (Å²) in [6.45, 7) is 6.38. The van der Waals surface area contributed by atoms with Crippen molar-refractivity contribution in [3.8, 4) is 11.1 Å². The van der Waals surface area contributed by atoms with Gasteiger partial charge in [-0.15, -0.1) is 0 Å². The molecule has 1 aromatic heterocycles. The summed E-state index contributed by atoms with van der Waals surface area (Å²) < 4.78 is 0. The highest BCUT2D eigenvalue weighted by molar-refractivity contribution is 6.44. The molecule has 0 spiro atoms. The van der Waals surface area contributed by atoms with Crippen LogP contribution in [0.15, 0.2) is 18.2 Å². The van der Waals surface area contributed by atoms with Crippen LogP contribution in [0.25, 0.3) is 11.1 Å². The van der Waals surface area contributed by atoms with E-state index in [9.17, 15) is 4.79 Å². The number of nitrogens with zero attached hydrogens (tertiary/aromatic N) is 3. The summed E-state index contributed by atoms with van der Waals surface area (Å²) in [5, 5.41) is 0.604. The number of halogens is 2. The maximum Gasteiger partial charge on any atom is 0.268 e. The summed E-state index contributed by atoms with van der Waals surface area (Å²) in [6.07, 6.45) is 3.09. The fourth-order valence-corrected chi connectivity index (χ4v) is 4.85. The molecular weight excluding hydrogens is 423 g/mol. The van der Waals surface area contributed by atoms with Crippen molar-refractivity contribution in [3.63, 3.8) is 0 Å². The topological polar surface area (TPSA) is 124 Å². The highest BCUT2D eigenvalue weighted by Crippen LogP contribution is 2.43. The minimum absolute atomic E-state index is 0.0179. The zero-order chi connectivity index (χ0) is 22.1. The number of aromatic nitrogens is 2. The van der Waals surface area contributed by atoms with Crippen molar-refractivity contribution in [1.82, 2.24) is 9.97 Å². The molecule has 0 unspecified atom stereocenters. The van der Waals surface area contributed by atoms with Crippen molar-refractivity contribution in [3.05, 3.63) is 33.9 Å². The van der Waals surface area contributed by atoms with Gasteiger partial charge in [-0.05, 0) is 31.4 Å². The largest absolute Gasteiger partial charge is 0.383 e. The molecular formula is C21H28Cl2N6O. The molecule has 0 bridgehead atoms. The Balaban J connectivity index is 2.09. The standard InChI is InChI=1S/C21H28Cl2N6O/c1-3-6-12-9-29(11-21(12,4-2)10-24)20-27-17(19(26)30)15(18(25)28-20)13-7-5-8-14(22)16(13)23/h5,7-8,12H,3-4,6,9-11,24H2,1-2H3,(H2,26,30)(H2,25,27,28)/t12-,21-/m0/s1. The molecule has 0 radical (unpaired) electrons. The number of nitrogen functional groups attached to an aromatic ring is 1. The first kappa shape index (κ1) is 22.6. The minimum atomic E-state index is -0.707. The second kappa shape index (κ2) is 8.96. The molecule has 9 heteroatoms. The molecule has 7 nitrogen and oxygen atoms in total. The Bertz CT molecular complexity index is 947. The van der Waals surface area contributed by atoms with E-state index in [1.165, 1.54) is 0 Å². The lowest BCUT2D eigenvalue weighted by molar-refractivity contribution is 0.0996. The maximum absolute atomic E-state index is 12.3. The Kier molecular flexibility index (Phi) is 6.75. The normalized spacial score (nSPS) is 21.2. The molecule has 3 rings (SSSR count). The van der Waals surface area contributed by atoms with Crippen LogP contribution in [0.3, 0.4) is 0 Å². The van der Waals surface area contributed by atoms with Crippen molar-refractivity contribution in [2.24, 2.45) is 22.8 Å². The quantitative estimate of drug-likeness (QED) is 0.589. The van der Waals surface area contributed by atoms with Gasteiger partial charge in [0.1, 0.15) is 11.5 Å². The summed E-state index contributed by atoms with van der Waals surface area (Å²) in [5.41, 5.74) is 18.9.